The first kappa shape index (κ1) is 26.9. The number of hydrogen-bond acceptors (Lipinski definition) is 5. The Kier molecular flexibility index (Phi) is 9.38. The molecule has 0 saturated carbocycles. The van der Waals surface area contributed by atoms with E-state index in [0.717, 1.165) is 28.4 Å². The standard InChI is InChI=1S/C28H31F2N3O3S/c1-21-6-11-24(37-21)19-33(18-22-7-9-23(29)10-8-22)27(34)20-32(13-12-31-14-16-36-17-15-31)28(35)25-4-2-3-5-26(25)30/h2-11H,12-20H2,1H3. The van der Waals surface area contributed by atoms with Crippen LogP contribution < -0.4 is 0 Å². The van der Waals surface area contributed by atoms with Crippen molar-refractivity contribution in [2.24, 2.45) is 0 Å². The summed E-state index contributed by atoms with van der Waals surface area (Å²) in [5.41, 5.74) is 0.722. The minimum absolute atomic E-state index is 0.0590. The molecule has 0 aliphatic carbocycles. The van der Waals surface area contributed by atoms with Gasteiger partial charge in [-0.05, 0) is 48.9 Å². The van der Waals surface area contributed by atoms with E-state index in [1.54, 1.807) is 34.4 Å². The first-order valence-corrected chi connectivity index (χ1v) is 13.1. The van der Waals surface area contributed by atoms with Crippen molar-refractivity contribution in [2.45, 2.75) is 20.0 Å². The minimum atomic E-state index is -0.617. The van der Waals surface area contributed by atoms with Gasteiger partial charge in [-0.2, -0.15) is 0 Å². The summed E-state index contributed by atoms with van der Waals surface area (Å²) in [5, 5.41) is 0. The fourth-order valence-corrected chi connectivity index (χ4v) is 5.11. The van der Waals surface area contributed by atoms with Crippen molar-refractivity contribution in [1.82, 2.24) is 14.7 Å². The Morgan fingerprint density at radius 2 is 1.68 bits per heavy atom. The molecule has 2 heterocycles. The van der Waals surface area contributed by atoms with Gasteiger partial charge in [0.15, 0.2) is 0 Å². The normalized spacial score (nSPS) is 13.9. The van der Waals surface area contributed by atoms with Gasteiger partial charge >= 0.3 is 0 Å². The Labute approximate surface area is 220 Å². The van der Waals surface area contributed by atoms with Gasteiger partial charge < -0.3 is 14.5 Å². The van der Waals surface area contributed by atoms with Crippen LogP contribution in [0.1, 0.15) is 25.7 Å². The Morgan fingerprint density at radius 1 is 0.946 bits per heavy atom. The van der Waals surface area contributed by atoms with E-state index in [4.69, 9.17) is 4.74 Å². The molecule has 3 aromatic rings. The molecular formula is C28H31F2N3O3S. The van der Waals surface area contributed by atoms with E-state index in [1.807, 2.05) is 19.1 Å². The van der Waals surface area contributed by atoms with Gasteiger partial charge in [0, 0.05) is 42.5 Å². The molecule has 0 spiro atoms. The lowest BCUT2D eigenvalue weighted by Gasteiger charge is -2.31. The summed E-state index contributed by atoms with van der Waals surface area (Å²) in [6, 6.07) is 15.8. The molecule has 1 aliphatic rings. The second-order valence-corrected chi connectivity index (χ2v) is 10.4. The summed E-state index contributed by atoms with van der Waals surface area (Å²) < 4.78 is 33.4. The van der Waals surface area contributed by atoms with E-state index in [-0.39, 0.29) is 36.9 Å². The van der Waals surface area contributed by atoms with Crippen molar-refractivity contribution in [1.29, 1.82) is 0 Å². The van der Waals surface area contributed by atoms with Gasteiger partial charge in [-0.15, -0.1) is 11.3 Å². The predicted octanol–water partition coefficient (Wildman–Crippen LogP) is 4.34. The number of carbonyl (C=O) groups is 2. The molecule has 0 N–H and O–H groups in total. The number of benzene rings is 2. The fourth-order valence-electron chi connectivity index (χ4n) is 4.21. The molecule has 1 aliphatic heterocycles. The van der Waals surface area contributed by atoms with Crippen LogP contribution in [0, 0.1) is 18.6 Å². The molecule has 1 saturated heterocycles. The molecule has 1 aromatic heterocycles. The number of aryl methyl sites for hydroxylation is 1. The summed E-state index contributed by atoms with van der Waals surface area (Å²) >= 11 is 1.60. The summed E-state index contributed by atoms with van der Waals surface area (Å²) in [7, 11) is 0. The predicted molar refractivity (Wildman–Crippen MR) is 139 cm³/mol. The van der Waals surface area contributed by atoms with Gasteiger partial charge in [-0.3, -0.25) is 14.5 Å². The molecular weight excluding hydrogens is 496 g/mol. The minimum Gasteiger partial charge on any atom is -0.379 e. The van der Waals surface area contributed by atoms with E-state index in [9.17, 15) is 18.4 Å². The first-order valence-electron chi connectivity index (χ1n) is 12.3. The smallest absolute Gasteiger partial charge is 0.257 e. The maximum Gasteiger partial charge on any atom is 0.257 e. The summed E-state index contributed by atoms with van der Waals surface area (Å²) in [4.78, 5) is 34.4. The van der Waals surface area contributed by atoms with Crippen molar-refractivity contribution in [3.05, 3.63) is 93.2 Å². The SMILES string of the molecule is Cc1ccc(CN(Cc2ccc(F)cc2)C(=O)CN(CCN2CCOCC2)C(=O)c2ccccc2F)s1. The van der Waals surface area contributed by atoms with Gasteiger partial charge in [0.1, 0.15) is 18.2 Å². The second kappa shape index (κ2) is 12.9. The number of carbonyl (C=O) groups excluding carboxylic acids is 2. The average molecular weight is 528 g/mol. The fraction of sp³-hybridized carbons (Fsp3) is 0.357. The van der Waals surface area contributed by atoms with Crippen LogP contribution in [0.2, 0.25) is 0 Å². The lowest BCUT2D eigenvalue weighted by molar-refractivity contribution is -0.133. The number of halogens is 2. The van der Waals surface area contributed by atoms with E-state index >= 15 is 0 Å². The number of morpholine rings is 1. The number of ether oxygens (including phenoxy) is 1. The number of hydrogen-bond donors (Lipinski definition) is 0. The molecule has 2 aromatic carbocycles. The highest BCUT2D eigenvalue weighted by Crippen LogP contribution is 2.20. The molecule has 1 fully saturated rings. The third-order valence-electron chi connectivity index (χ3n) is 6.29. The van der Waals surface area contributed by atoms with Crippen LogP contribution in [0.4, 0.5) is 8.78 Å². The van der Waals surface area contributed by atoms with Crippen LogP contribution in [0.15, 0.2) is 60.7 Å². The van der Waals surface area contributed by atoms with E-state index in [0.29, 0.717) is 26.3 Å². The third kappa shape index (κ3) is 7.67. The van der Waals surface area contributed by atoms with Crippen molar-refractivity contribution < 1.29 is 23.1 Å². The van der Waals surface area contributed by atoms with E-state index in [2.05, 4.69) is 4.90 Å². The van der Waals surface area contributed by atoms with Crippen molar-refractivity contribution in [3.63, 3.8) is 0 Å². The molecule has 0 atom stereocenters. The van der Waals surface area contributed by atoms with Gasteiger partial charge in [0.2, 0.25) is 5.91 Å². The Balaban J connectivity index is 1.54. The van der Waals surface area contributed by atoms with Crippen LogP contribution in [-0.2, 0) is 22.6 Å². The van der Waals surface area contributed by atoms with Crippen molar-refractivity contribution in [3.8, 4) is 0 Å². The van der Waals surface area contributed by atoms with Crippen LogP contribution in [0.25, 0.3) is 0 Å². The number of amides is 2. The molecule has 196 valence electrons. The highest BCUT2D eigenvalue weighted by atomic mass is 32.1. The second-order valence-electron chi connectivity index (χ2n) is 9.05. The van der Waals surface area contributed by atoms with Crippen molar-refractivity contribution in [2.75, 3.05) is 45.9 Å². The third-order valence-corrected chi connectivity index (χ3v) is 7.27. The topological polar surface area (TPSA) is 53.1 Å². The van der Waals surface area contributed by atoms with Gasteiger partial charge in [-0.25, -0.2) is 8.78 Å². The zero-order chi connectivity index (χ0) is 26.2. The average Bonchev–Trinajstić information content (AvgIpc) is 3.32. The lowest BCUT2D eigenvalue weighted by atomic mass is 10.1. The first-order chi connectivity index (χ1) is 17.9. The zero-order valence-corrected chi connectivity index (χ0v) is 21.7. The molecule has 0 bridgehead atoms. The zero-order valence-electron chi connectivity index (χ0n) is 20.9. The maximum atomic E-state index is 14.5. The Hall–Kier alpha value is -3.14. The summed E-state index contributed by atoms with van der Waals surface area (Å²) in [6.45, 7) is 5.98. The van der Waals surface area contributed by atoms with Crippen LogP contribution >= 0.6 is 11.3 Å². The van der Waals surface area contributed by atoms with Gasteiger partial charge in [0.25, 0.3) is 5.91 Å². The number of thiophene rings is 1. The van der Waals surface area contributed by atoms with Crippen LogP contribution in [-0.4, -0.2) is 72.5 Å². The highest BCUT2D eigenvalue weighted by Gasteiger charge is 2.25. The molecule has 0 unspecified atom stereocenters. The van der Waals surface area contributed by atoms with Gasteiger partial charge in [-0.1, -0.05) is 24.3 Å². The van der Waals surface area contributed by atoms with E-state index in [1.165, 1.54) is 35.2 Å². The number of nitrogens with zero attached hydrogens (tertiary/aromatic N) is 3. The largest absolute Gasteiger partial charge is 0.379 e. The maximum absolute atomic E-state index is 14.5. The van der Waals surface area contributed by atoms with Crippen molar-refractivity contribution >= 4 is 23.2 Å². The molecule has 9 heteroatoms. The lowest BCUT2D eigenvalue weighted by Crippen LogP contribution is -2.47. The molecule has 37 heavy (non-hydrogen) atoms. The Bertz CT molecular complexity index is 1200. The summed E-state index contributed by atoms with van der Waals surface area (Å²) in [5.74, 6) is -1.75. The molecule has 2 amide bonds. The summed E-state index contributed by atoms with van der Waals surface area (Å²) in [6.07, 6.45) is 0. The highest BCUT2D eigenvalue weighted by molar-refractivity contribution is 7.11. The molecule has 4 rings (SSSR count). The molecule has 0 radical (unpaired) electrons. The van der Waals surface area contributed by atoms with Gasteiger partial charge in [0.05, 0.1) is 25.3 Å². The van der Waals surface area contributed by atoms with Crippen LogP contribution in [0.5, 0.6) is 0 Å². The van der Waals surface area contributed by atoms with Crippen LogP contribution in [0.3, 0.4) is 0 Å². The monoisotopic (exact) mass is 527 g/mol. The number of rotatable bonds is 10. The molecule has 6 nitrogen and oxygen atoms in total. The Morgan fingerprint density at radius 3 is 2.35 bits per heavy atom. The quantitative estimate of drug-likeness (QED) is 0.394. The van der Waals surface area contributed by atoms with E-state index < -0.39 is 11.7 Å².